The maximum Gasteiger partial charge on any atom is 0.573 e. The number of alkyl halides is 3. The highest BCUT2D eigenvalue weighted by atomic mass is 19.4. The minimum Gasteiger partial charge on any atom is -0.496 e. The Labute approximate surface area is 273 Å². The monoisotopic (exact) mass is 663 g/mol. The average Bonchev–Trinajstić information content (AvgIpc) is 3.68. The molecule has 2 aliphatic heterocycles. The number of hydrogen-bond acceptors (Lipinski definition) is 9. The van der Waals surface area contributed by atoms with E-state index in [2.05, 4.69) is 20.7 Å². The molecule has 3 unspecified atom stereocenters. The molecule has 4 heterocycles. The summed E-state index contributed by atoms with van der Waals surface area (Å²) in [6.07, 6.45) is -2.59. The number of likely N-dealkylation sites (tertiary alicyclic amines) is 1. The number of nitrogens with zero attached hydrogens (tertiary/aromatic N) is 5. The zero-order chi connectivity index (χ0) is 33.6. The average molecular weight is 664 g/mol. The number of aromatic nitrogens is 3. The number of aromatic carboxylic acids is 1. The first-order valence-electron chi connectivity index (χ1n) is 15.6. The van der Waals surface area contributed by atoms with Gasteiger partial charge < -0.3 is 28.6 Å². The number of carboxylic acid groups (broad SMARTS) is 1. The number of nitriles is 1. The number of benzene rings is 2. The molecule has 250 valence electrons. The van der Waals surface area contributed by atoms with Crippen molar-refractivity contribution in [2.75, 3.05) is 26.8 Å². The van der Waals surface area contributed by atoms with Crippen molar-refractivity contribution in [2.45, 2.75) is 56.8 Å². The number of fused-ring (bicyclic) bond motifs is 2. The lowest BCUT2D eigenvalue weighted by atomic mass is 9.91. The molecule has 1 aliphatic carbocycles. The molecule has 2 aromatic carbocycles. The van der Waals surface area contributed by atoms with Crippen LogP contribution in [0, 0.1) is 17.2 Å². The van der Waals surface area contributed by atoms with Crippen LogP contribution in [-0.4, -0.2) is 69.8 Å². The van der Waals surface area contributed by atoms with Crippen LogP contribution in [0.3, 0.4) is 0 Å². The predicted octanol–water partition coefficient (Wildman–Crippen LogP) is 5.44. The van der Waals surface area contributed by atoms with Gasteiger partial charge in [0.05, 0.1) is 54.7 Å². The van der Waals surface area contributed by atoms with E-state index in [1.165, 1.54) is 6.07 Å². The van der Waals surface area contributed by atoms with Crippen molar-refractivity contribution < 1.29 is 42.0 Å². The van der Waals surface area contributed by atoms with Crippen molar-refractivity contribution in [1.29, 1.82) is 5.26 Å². The highest BCUT2D eigenvalue weighted by molar-refractivity contribution is 5.95. The molecule has 0 amide bonds. The summed E-state index contributed by atoms with van der Waals surface area (Å²) in [4.78, 5) is 23.5. The second-order valence-electron chi connectivity index (χ2n) is 12.4. The van der Waals surface area contributed by atoms with Gasteiger partial charge in [-0.05, 0) is 62.1 Å². The lowest BCUT2D eigenvalue weighted by Gasteiger charge is -2.32. The Morgan fingerprint density at radius 1 is 1.19 bits per heavy atom. The van der Waals surface area contributed by atoms with E-state index in [1.807, 2.05) is 18.2 Å². The third-order valence-electron chi connectivity index (χ3n) is 9.53. The van der Waals surface area contributed by atoms with Crippen molar-refractivity contribution in [3.63, 3.8) is 0 Å². The van der Waals surface area contributed by atoms with Gasteiger partial charge in [0.1, 0.15) is 23.7 Å². The van der Waals surface area contributed by atoms with Gasteiger partial charge in [-0.3, -0.25) is 4.90 Å². The molecule has 2 aromatic heterocycles. The van der Waals surface area contributed by atoms with Gasteiger partial charge >= 0.3 is 12.3 Å². The molecule has 7 rings (SSSR count). The highest BCUT2D eigenvalue weighted by Gasteiger charge is 2.58. The summed E-state index contributed by atoms with van der Waals surface area (Å²) in [6, 6.07) is 15.3. The molecule has 1 saturated carbocycles. The minimum atomic E-state index is -5.01. The van der Waals surface area contributed by atoms with Crippen molar-refractivity contribution in [2.24, 2.45) is 5.92 Å². The van der Waals surface area contributed by atoms with Crippen LogP contribution in [0.4, 0.5) is 13.2 Å². The number of piperidine rings is 1. The predicted molar refractivity (Wildman–Crippen MR) is 164 cm³/mol. The smallest absolute Gasteiger partial charge is 0.496 e. The van der Waals surface area contributed by atoms with Crippen molar-refractivity contribution in [1.82, 2.24) is 19.4 Å². The molecule has 14 heteroatoms. The quantitative estimate of drug-likeness (QED) is 0.221. The number of pyridine rings is 1. The number of hydrogen-bond donors (Lipinski definition) is 1. The number of methoxy groups -OCH3 is 1. The van der Waals surface area contributed by atoms with E-state index >= 15 is 0 Å². The molecular weight excluding hydrogens is 631 g/mol. The second-order valence-corrected chi connectivity index (χ2v) is 12.4. The zero-order valence-electron chi connectivity index (χ0n) is 26.0. The lowest BCUT2D eigenvalue weighted by Crippen LogP contribution is -2.37. The summed E-state index contributed by atoms with van der Waals surface area (Å²) >= 11 is 0. The Balaban J connectivity index is 1.08. The number of carboxylic acids is 1. The normalized spacial score (nSPS) is 22.0. The van der Waals surface area contributed by atoms with Crippen LogP contribution < -0.4 is 14.2 Å². The molecule has 1 N–H and O–H groups in total. The van der Waals surface area contributed by atoms with Crippen LogP contribution in [0.2, 0.25) is 0 Å². The Bertz CT molecular complexity index is 1920. The molecule has 48 heavy (non-hydrogen) atoms. The Hall–Kier alpha value is -4.87. The van der Waals surface area contributed by atoms with Gasteiger partial charge in [0.25, 0.3) is 0 Å². The van der Waals surface area contributed by atoms with Crippen LogP contribution in [0.25, 0.3) is 11.0 Å². The summed E-state index contributed by atoms with van der Waals surface area (Å²) in [5, 5.41) is 18.8. The largest absolute Gasteiger partial charge is 0.573 e. The van der Waals surface area contributed by atoms with E-state index in [9.17, 15) is 23.1 Å². The van der Waals surface area contributed by atoms with Gasteiger partial charge in [-0.15, -0.1) is 13.2 Å². The van der Waals surface area contributed by atoms with Crippen LogP contribution in [0.1, 0.15) is 52.3 Å². The third kappa shape index (κ3) is 6.23. The van der Waals surface area contributed by atoms with Gasteiger partial charge in [0.2, 0.25) is 5.88 Å². The summed E-state index contributed by atoms with van der Waals surface area (Å²) in [5.41, 5.74) is 2.07. The number of ether oxygens (including phenoxy) is 4. The maximum atomic E-state index is 13.3. The molecule has 3 aliphatic rings. The van der Waals surface area contributed by atoms with Gasteiger partial charge in [0, 0.05) is 30.2 Å². The van der Waals surface area contributed by atoms with Crippen molar-refractivity contribution in [3.8, 4) is 23.4 Å². The summed E-state index contributed by atoms with van der Waals surface area (Å²) in [5.74, 6) is -0.100. The molecule has 11 nitrogen and oxygen atoms in total. The molecule has 0 spiro atoms. The van der Waals surface area contributed by atoms with E-state index in [4.69, 9.17) is 24.5 Å². The topological polar surface area (TPSA) is 132 Å². The summed E-state index contributed by atoms with van der Waals surface area (Å²) in [6.45, 7) is 2.98. The molecule has 3 fully saturated rings. The van der Waals surface area contributed by atoms with Gasteiger partial charge in [0.15, 0.2) is 5.75 Å². The maximum absolute atomic E-state index is 13.3. The fraction of sp³-hybridized carbons (Fsp3) is 0.412. The van der Waals surface area contributed by atoms with Crippen LogP contribution in [0.5, 0.6) is 17.4 Å². The molecular formula is C34H32F3N5O6. The van der Waals surface area contributed by atoms with Gasteiger partial charge in [-0.2, -0.15) is 5.26 Å². The van der Waals surface area contributed by atoms with E-state index in [0.717, 1.165) is 43.1 Å². The van der Waals surface area contributed by atoms with E-state index in [-0.39, 0.29) is 34.7 Å². The fourth-order valence-corrected chi connectivity index (χ4v) is 6.85. The molecule has 3 atom stereocenters. The highest BCUT2D eigenvalue weighted by Crippen LogP contribution is 2.59. The Morgan fingerprint density at radius 2 is 2.02 bits per heavy atom. The third-order valence-corrected chi connectivity index (χ3v) is 9.53. The first kappa shape index (κ1) is 31.7. The number of halogens is 3. The van der Waals surface area contributed by atoms with E-state index < -0.39 is 18.1 Å². The first-order chi connectivity index (χ1) is 23.0. The standard InChI is InChI=1S/C34H32F3N5O6/c1-45-26-11-20(15-38)5-6-21(26)19-47-30-4-2-3-28(39-30)33-8-9-41(16-23(33)14-33)18-29-40-31-25(42(29)17-24-7-10-46-24)12-22(32(43)44)13-27(31)48-34(35,36)37/h2-6,11-13,23-24H,7-10,14,16-19H2,1H3,(H,43,44). The molecule has 0 bridgehead atoms. The summed E-state index contributed by atoms with van der Waals surface area (Å²) in [7, 11) is 1.55. The Morgan fingerprint density at radius 3 is 2.71 bits per heavy atom. The summed E-state index contributed by atoms with van der Waals surface area (Å²) < 4.78 is 63.1. The zero-order valence-corrected chi connectivity index (χ0v) is 26.0. The lowest BCUT2D eigenvalue weighted by molar-refractivity contribution is -0.274. The van der Waals surface area contributed by atoms with Crippen LogP contribution >= 0.6 is 0 Å². The minimum absolute atomic E-state index is 0.0379. The number of carbonyl (C=O) groups is 1. The fourth-order valence-electron chi connectivity index (χ4n) is 6.85. The number of imidazole rings is 1. The molecule has 4 aromatic rings. The van der Waals surface area contributed by atoms with E-state index in [1.54, 1.807) is 29.9 Å². The SMILES string of the molecule is COc1cc(C#N)ccc1COc1cccc(C23CCN(Cc4nc5c(OC(F)(F)F)cc(C(=O)O)cc5n4CC4CCO4)CC2C3)n1. The number of rotatable bonds is 11. The van der Waals surface area contributed by atoms with Gasteiger partial charge in [-0.1, -0.05) is 12.1 Å². The van der Waals surface area contributed by atoms with Crippen molar-refractivity contribution in [3.05, 3.63) is 76.7 Å². The van der Waals surface area contributed by atoms with Crippen LogP contribution in [0.15, 0.2) is 48.5 Å². The Kier molecular flexibility index (Phi) is 8.13. The van der Waals surface area contributed by atoms with Gasteiger partial charge in [-0.25, -0.2) is 14.8 Å². The molecule has 0 radical (unpaired) electrons. The first-order valence-corrected chi connectivity index (χ1v) is 15.6. The van der Waals surface area contributed by atoms with Crippen LogP contribution in [-0.2, 0) is 29.8 Å². The molecule has 2 saturated heterocycles. The van der Waals surface area contributed by atoms with E-state index in [0.29, 0.717) is 55.2 Å². The second kappa shape index (κ2) is 12.3. The van der Waals surface area contributed by atoms with Crippen molar-refractivity contribution >= 4 is 17.0 Å².